The fourth-order valence-corrected chi connectivity index (χ4v) is 0.706. The normalized spacial score (nSPS) is 14.0. The van der Waals surface area contributed by atoms with Crippen LogP contribution in [0.15, 0.2) is 0 Å². The van der Waals surface area contributed by atoms with Gasteiger partial charge in [0.05, 0.1) is 0 Å². The Hall–Kier alpha value is -0.0400. The molecule has 2 atom stereocenters. The summed E-state index contributed by atoms with van der Waals surface area (Å²) in [5, 5.41) is 0. The number of unbranched alkanes of at least 4 members (excludes halogenated alkanes) is 1. The van der Waals surface area contributed by atoms with Crippen LogP contribution >= 0.6 is 0 Å². The van der Waals surface area contributed by atoms with E-state index in [0.29, 0.717) is 0 Å². The molecule has 0 saturated carbocycles. The summed E-state index contributed by atoms with van der Waals surface area (Å²) in [7, 11) is 0. The maximum Gasteiger partial charge on any atom is 0.0491 e. The fraction of sp³-hybridized carbons (Fsp3) is 1.00. The van der Waals surface area contributed by atoms with Crippen LogP contribution in [-0.2, 0) is 4.74 Å². The smallest absolute Gasteiger partial charge is 0.0491 e. The van der Waals surface area contributed by atoms with Gasteiger partial charge in [-0.3, -0.25) is 0 Å². The number of hydrogen-bond donors (Lipinski definition) is 0. The summed E-state index contributed by atoms with van der Waals surface area (Å²) < 4.78 is 5.54. The Morgan fingerprint density at radius 3 is 1.27 bits per heavy atom. The molecule has 0 radical (unpaired) electrons. The van der Waals surface area contributed by atoms with Crippen LogP contribution in [0, 0.1) is 11.8 Å². The largest absolute Gasteiger partial charge is 0.381 e. The molecule has 0 amide bonds. The second kappa shape index (κ2) is 14.0. The van der Waals surface area contributed by atoms with Gasteiger partial charge in [0.1, 0.15) is 0 Å². The molecule has 0 heterocycles. The van der Waals surface area contributed by atoms with E-state index in [4.69, 9.17) is 4.74 Å². The lowest BCUT2D eigenvalue weighted by atomic mass is 10.1. The molecule has 0 rings (SSSR count). The fourth-order valence-electron chi connectivity index (χ4n) is 0.706. The van der Waals surface area contributed by atoms with Crippen molar-refractivity contribution < 1.29 is 4.74 Å². The van der Waals surface area contributed by atoms with Crippen LogP contribution in [0.3, 0.4) is 0 Å². The summed E-state index contributed by atoms with van der Waals surface area (Å²) in [6.07, 6.45) is 5.08. The standard InChI is InChI=1S/C10H22O.C4H10/c1-5-9(3)7-11-8-10(4)6-2;1-3-4-2/h9-10H,5-8H2,1-4H3;3-4H2,1-2H3. The quantitative estimate of drug-likeness (QED) is 0.588. The maximum absolute atomic E-state index is 5.54. The van der Waals surface area contributed by atoms with Crippen molar-refractivity contribution in [3.05, 3.63) is 0 Å². The van der Waals surface area contributed by atoms with Crippen molar-refractivity contribution in [3.63, 3.8) is 0 Å². The number of rotatable bonds is 7. The van der Waals surface area contributed by atoms with Gasteiger partial charge in [-0.2, -0.15) is 0 Å². The van der Waals surface area contributed by atoms with Gasteiger partial charge in [-0.25, -0.2) is 0 Å². The summed E-state index contributed by atoms with van der Waals surface area (Å²) in [5.74, 6) is 1.44. The first-order valence-electron chi connectivity index (χ1n) is 6.69. The molecular weight excluding hydrogens is 184 g/mol. The van der Waals surface area contributed by atoms with E-state index in [0.717, 1.165) is 25.0 Å². The van der Waals surface area contributed by atoms with Crippen LogP contribution in [0.25, 0.3) is 0 Å². The average molecular weight is 216 g/mol. The summed E-state index contributed by atoms with van der Waals surface area (Å²) in [5.41, 5.74) is 0. The minimum absolute atomic E-state index is 0.721. The second-order valence-electron chi connectivity index (χ2n) is 4.56. The average Bonchev–Trinajstić information content (AvgIpc) is 2.28. The first kappa shape index (κ1) is 17.4. The molecule has 2 unspecified atom stereocenters. The Bertz CT molecular complexity index is 89.5. The zero-order chi connectivity index (χ0) is 12.1. The van der Waals surface area contributed by atoms with E-state index in [1.165, 1.54) is 25.7 Å². The Kier molecular flexibility index (Phi) is 16.2. The molecule has 1 heteroatoms. The third-order valence-corrected chi connectivity index (χ3v) is 2.70. The van der Waals surface area contributed by atoms with Crippen LogP contribution in [0.4, 0.5) is 0 Å². The SMILES string of the molecule is CCC(C)COCC(C)CC.CCCC. The molecule has 0 aliphatic rings. The number of ether oxygens (including phenoxy) is 1. The van der Waals surface area contributed by atoms with E-state index in [1.54, 1.807) is 0 Å². The molecule has 0 saturated heterocycles. The van der Waals surface area contributed by atoms with Crippen molar-refractivity contribution in [3.8, 4) is 0 Å². The van der Waals surface area contributed by atoms with Crippen LogP contribution in [-0.4, -0.2) is 13.2 Å². The summed E-state index contributed by atoms with van der Waals surface area (Å²) >= 11 is 0. The van der Waals surface area contributed by atoms with Crippen molar-refractivity contribution in [1.29, 1.82) is 0 Å². The van der Waals surface area contributed by atoms with E-state index < -0.39 is 0 Å². The lowest BCUT2D eigenvalue weighted by Crippen LogP contribution is -2.10. The van der Waals surface area contributed by atoms with Crippen LogP contribution < -0.4 is 0 Å². The molecule has 0 bridgehead atoms. The minimum Gasteiger partial charge on any atom is -0.381 e. The van der Waals surface area contributed by atoms with E-state index in [1.807, 2.05) is 0 Å². The molecule has 0 aromatic rings. The Labute approximate surface area is 97.6 Å². The molecule has 1 nitrogen and oxygen atoms in total. The van der Waals surface area contributed by atoms with Crippen molar-refractivity contribution in [1.82, 2.24) is 0 Å². The van der Waals surface area contributed by atoms with Gasteiger partial charge in [0, 0.05) is 13.2 Å². The highest BCUT2D eigenvalue weighted by atomic mass is 16.5. The molecule has 15 heavy (non-hydrogen) atoms. The van der Waals surface area contributed by atoms with Crippen LogP contribution in [0.5, 0.6) is 0 Å². The van der Waals surface area contributed by atoms with Crippen LogP contribution in [0.2, 0.25) is 0 Å². The Balaban J connectivity index is 0. The molecule has 0 aliphatic heterocycles. The monoisotopic (exact) mass is 216 g/mol. The van der Waals surface area contributed by atoms with Gasteiger partial charge in [0.2, 0.25) is 0 Å². The Morgan fingerprint density at radius 1 is 0.733 bits per heavy atom. The molecule has 94 valence electrons. The predicted molar refractivity (Wildman–Crippen MR) is 70.3 cm³/mol. The van der Waals surface area contributed by atoms with Crippen molar-refractivity contribution in [2.24, 2.45) is 11.8 Å². The molecule has 0 N–H and O–H groups in total. The minimum atomic E-state index is 0.721. The number of hydrogen-bond acceptors (Lipinski definition) is 1. The van der Waals surface area contributed by atoms with Gasteiger partial charge >= 0.3 is 0 Å². The summed E-state index contributed by atoms with van der Waals surface area (Å²) in [6.45, 7) is 15.1. The van der Waals surface area contributed by atoms with E-state index in [-0.39, 0.29) is 0 Å². The van der Waals surface area contributed by atoms with E-state index in [2.05, 4.69) is 41.5 Å². The maximum atomic E-state index is 5.54. The van der Waals surface area contributed by atoms with Crippen molar-refractivity contribution in [2.45, 2.75) is 67.2 Å². The van der Waals surface area contributed by atoms with Gasteiger partial charge in [-0.1, -0.05) is 67.2 Å². The molecular formula is C14H32O. The molecule has 0 spiro atoms. The third kappa shape index (κ3) is 16.6. The first-order valence-corrected chi connectivity index (χ1v) is 6.69. The summed E-state index contributed by atoms with van der Waals surface area (Å²) in [6, 6.07) is 0. The van der Waals surface area contributed by atoms with Gasteiger partial charge in [0.25, 0.3) is 0 Å². The van der Waals surface area contributed by atoms with Gasteiger partial charge in [0.15, 0.2) is 0 Å². The van der Waals surface area contributed by atoms with Crippen LogP contribution in [0.1, 0.15) is 67.2 Å². The third-order valence-electron chi connectivity index (χ3n) is 2.70. The van der Waals surface area contributed by atoms with Gasteiger partial charge in [-0.15, -0.1) is 0 Å². The lowest BCUT2D eigenvalue weighted by molar-refractivity contribution is 0.0780. The van der Waals surface area contributed by atoms with Gasteiger partial charge in [-0.05, 0) is 11.8 Å². The predicted octanol–water partition coefficient (Wildman–Crippen LogP) is 4.90. The zero-order valence-electron chi connectivity index (χ0n) is 11.8. The first-order chi connectivity index (χ1) is 7.12. The second-order valence-corrected chi connectivity index (χ2v) is 4.56. The highest BCUT2D eigenvalue weighted by molar-refractivity contribution is 4.49. The zero-order valence-corrected chi connectivity index (χ0v) is 11.8. The van der Waals surface area contributed by atoms with Gasteiger partial charge < -0.3 is 4.74 Å². The topological polar surface area (TPSA) is 9.23 Å². The highest BCUT2D eigenvalue weighted by Crippen LogP contribution is 2.04. The summed E-state index contributed by atoms with van der Waals surface area (Å²) in [4.78, 5) is 0. The van der Waals surface area contributed by atoms with E-state index in [9.17, 15) is 0 Å². The highest BCUT2D eigenvalue weighted by Gasteiger charge is 2.01. The van der Waals surface area contributed by atoms with Crippen molar-refractivity contribution >= 4 is 0 Å². The molecule has 0 aromatic carbocycles. The lowest BCUT2D eigenvalue weighted by Gasteiger charge is -2.12. The molecule has 0 aliphatic carbocycles. The Morgan fingerprint density at radius 2 is 1.07 bits per heavy atom. The van der Waals surface area contributed by atoms with E-state index >= 15 is 0 Å². The molecule has 0 fully saturated rings. The van der Waals surface area contributed by atoms with Crippen molar-refractivity contribution in [2.75, 3.05) is 13.2 Å². The molecule has 0 aromatic heterocycles.